The molecule has 2 aromatic carbocycles. The number of hydrogen-bond donors (Lipinski definition) is 1. The van der Waals surface area contributed by atoms with Gasteiger partial charge < -0.3 is 4.98 Å². The number of aromatic nitrogens is 2. The smallest absolute Gasteiger partial charge is 0.0737 e. The first-order chi connectivity index (χ1) is 12.8. The predicted molar refractivity (Wildman–Crippen MR) is 115 cm³/mol. The van der Waals surface area contributed by atoms with Crippen molar-refractivity contribution >= 4 is 21.8 Å². The Morgan fingerprint density at radius 2 is 1.63 bits per heavy atom. The Morgan fingerprint density at radius 3 is 2.41 bits per heavy atom. The molecule has 0 aliphatic rings. The highest BCUT2D eigenvalue weighted by atomic mass is 14.7. The molecule has 0 aliphatic heterocycles. The van der Waals surface area contributed by atoms with Crippen LogP contribution in [0.2, 0.25) is 0 Å². The molecule has 2 heteroatoms. The minimum atomic E-state index is 0.00933. The topological polar surface area (TPSA) is 28.7 Å². The van der Waals surface area contributed by atoms with Crippen LogP contribution >= 0.6 is 0 Å². The fourth-order valence-corrected chi connectivity index (χ4v) is 4.27. The quantitative estimate of drug-likeness (QED) is 0.444. The summed E-state index contributed by atoms with van der Waals surface area (Å²) in [5.74, 6) is 0. The highest BCUT2D eigenvalue weighted by Gasteiger charge is 2.26. The minimum absolute atomic E-state index is 0.00933. The molecule has 4 rings (SSSR count). The van der Waals surface area contributed by atoms with Crippen molar-refractivity contribution in [3.8, 4) is 0 Å². The van der Waals surface area contributed by atoms with E-state index in [1.165, 1.54) is 33.0 Å². The Kier molecular flexibility index (Phi) is 4.10. The molecule has 2 nitrogen and oxygen atoms in total. The molecule has 2 aromatic heterocycles. The molecule has 0 amide bonds. The molecule has 0 aliphatic carbocycles. The molecule has 0 radical (unpaired) electrons. The van der Waals surface area contributed by atoms with Crippen molar-refractivity contribution in [2.45, 2.75) is 51.9 Å². The van der Waals surface area contributed by atoms with Gasteiger partial charge in [-0.05, 0) is 52.1 Å². The number of nitrogens with zero attached hydrogens (tertiary/aromatic N) is 1. The molecule has 27 heavy (non-hydrogen) atoms. The predicted octanol–water partition coefficient (Wildman–Crippen LogP) is 6.53. The maximum absolute atomic E-state index is 4.78. The second-order valence-corrected chi connectivity index (χ2v) is 9.23. The number of fused-ring (bicyclic) bond motifs is 2. The maximum atomic E-state index is 4.78. The van der Waals surface area contributed by atoms with Gasteiger partial charge in [0.1, 0.15) is 0 Å². The highest BCUT2D eigenvalue weighted by molar-refractivity contribution is 5.87. The van der Waals surface area contributed by atoms with E-state index in [-0.39, 0.29) is 10.8 Å². The molecule has 1 N–H and O–H groups in total. The van der Waals surface area contributed by atoms with Crippen LogP contribution in [0, 0.1) is 0 Å². The zero-order valence-electron chi connectivity index (χ0n) is 16.9. The zero-order valence-corrected chi connectivity index (χ0v) is 16.9. The van der Waals surface area contributed by atoms with Gasteiger partial charge in [-0.3, -0.25) is 4.98 Å². The molecule has 0 fully saturated rings. The fourth-order valence-electron chi connectivity index (χ4n) is 4.27. The lowest BCUT2D eigenvalue weighted by Crippen LogP contribution is -2.21. The SMILES string of the molecule is CC(C)(C)c1ccc(CC(C)(C)c2cccc3[nH]ccc23)c2ncccc12. The summed E-state index contributed by atoms with van der Waals surface area (Å²) in [6.45, 7) is 11.5. The van der Waals surface area contributed by atoms with Crippen LogP contribution < -0.4 is 0 Å². The molecule has 0 saturated heterocycles. The molecule has 2 heterocycles. The summed E-state index contributed by atoms with van der Waals surface area (Å²) < 4.78 is 0. The van der Waals surface area contributed by atoms with Gasteiger partial charge in [-0.15, -0.1) is 0 Å². The van der Waals surface area contributed by atoms with Crippen LogP contribution in [0.25, 0.3) is 21.8 Å². The van der Waals surface area contributed by atoms with E-state index < -0.39 is 0 Å². The van der Waals surface area contributed by atoms with E-state index in [0.717, 1.165) is 11.9 Å². The summed E-state index contributed by atoms with van der Waals surface area (Å²) >= 11 is 0. The Balaban J connectivity index is 1.83. The number of nitrogens with one attached hydrogen (secondary N) is 1. The summed E-state index contributed by atoms with van der Waals surface area (Å²) in [5, 5.41) is 2.59. The van der Waals surface area contributed by atoms with Gasteiger partial charge in [0.15, 0.2) is 0 Å². The Labute approximate surface area is 161 Å². The Morgan fingerprint density at radius 1 is 0.815 bits per heavy atom. The molecule has 0 bridgehead atoms. The highest BCUT2D eigenvalue weighted by Crippen LogP contribution is 2.36. The van der Waals surface area contributed by atoms with Crippen molar-refractivity contribution in [2.24, 2.45) is 0 Å². The summed E-state index contributed by atoms with van der Waals surface area (Å²) in [5.41, 5.74) is 6.51. The van der Waals surface area contributed by atoms with Crippen molar-refractivity contribution in [3.05, 3.63) is 77.6 Å². The number of pyridine rings is 1. The van der Waals surface area contributed by atoms with E-state index in [9.17, 15) is 0 Å². The van der Waals surface area contributed by atoms with Gasteiger partial charge in [-0.2, -0.15) is 0 Å². The van der Waals surface area contributed by atoms with Crippen molar-refractivity contribution in [1.82, 2.24) is 9.97 Å². The average molecular weight is 357 g/mol. The lowest BCUT2D eigenvalue weighted by molar-refractivity contribution is 0.528. The van der Waals surface area contributed by atoms with Gasteiger partial charge in [0, 0.05) is 28.7 Å². The minimum Gasteiger partial charge on any atom is -0.361 e. The zero-order chi connectivity index (χ0) is 19.2. The molecule has 0 spiro atoms. The first kappa shape index (κ1) is 17.8. The number of rotatable bonds is 3. The van der Waals surface area contributed by atoms with Crippen LogP contribution in [0.5, 0.6) is 0 Å². The van der Waals surface area contributed by atoms with Gasteiger partial charge in [-0.1, -0.05) is 65.0 Å². The van der Waals surface area contributed by atoms with Crippen LogP contribution in [0.4, 0.5) is 0 Å². The fraction of sp³-hybridized carbons (Fsp3) is 0.320. The van der Waals surface area contributed by atoms with Crippen molar-refractivity contribution in [3.63, 3.8) is 0 Å². The van der Waals surface area contributed by atoms with E-state index in [2.05, 4.69) is 82.1 Å². The lowest BCUT2D eigenvalue weighted by atomic mass is 9.76. The third kappa shape index (κ3) is 3.14. The number of H-pyrrole nitrogens is 1. The molecule has 0 unspecified atom stereocenters. The van der Waals surface area contributed by atoms with E-state index in [1.54, 1.807) is 0 Å². The van der Waals surface area contributed by atoms with Gasteiger partial charge >= 0.3 is 0 Å². The monoisotopic (exact) mass is 356 g/mol. The third-order valence-electron chi connectivity index (χ3n) is 5.62. The van der Waals surface area contributed by atoms with Crippen LogP contribution in [0.1, 0.15) is 51.3 Å². The van der Waals surface area contributed by atoms with Crippen molar-refractivity contribution in [1.29, 1.82) is 0 Å². The summed E-state index contributed by atoms with van der Waals surface area (Å²) in [6.07, 6.45) is 4.90. The van der Waals surface area contributed by atoms with Gasteiger partial charge in [-0.25, -0.2) is 0 Å². The molecule has 4 aromatic rings. The molecule has 0 saturated carbocycles. The lowest BCUT2D eigenvalue weighted by Gasteiger charge is -2.28. The molecular formula is C25H28N2. The first-order valence-corrected chi connectivity index (χ1v) is 9.71. The normalized spacial score (nSPS) is 12.8. The van der Waals surface area contributed by atoms with Crippen LogP contribution in [-0.2, 0) is 17.3 Å². The summed E-state index contributed by atoms with van der Waals surface area (Å²) in [7, 11) is 0. The first-order valence-electron chi connectivity index (χ1n) is 9.71. The van der Waals surface area contributed by atoms with E-state index >= 15 is 0 Å². The number of hydrogen-bond acceptors (Lipinski definition) is 1. The third-order valence-corrected chi connectivity index (χ3v) is 5.62. The maximum Gasteiger partial charge on any atom is 0.0737 e. The molecular weight excluding hydrogens is 328 g/mol. The van der Waals surface area contributed by atoms with E-state index in [0.29, 0.717) is 0 Å². The van der Waals surface area contributed by atoms with Crippen molar-refractivity contribution < 1.29 is 0 Å². The van der Waals surface area contributed by atoms with E-state index in [1.807, 2.05) is 18.5 Å². The molecule has 138 valence electrons. The van der Waals surface area contributed by atoms with Crippen LogP contribution in [0.3, 0.4) is 0 Å². The van der Waals surface area contributed by atoms with Gasteiger partial charge in [0.05, 0.1) is 5.52 Å². The Bertz CT molecular complexity index is 1110. The van der Waals surface area contributed by atoms with E-state index in [4.69, 9.17) is 4.98 Å². The second-order valence-electron chi connectivity index (χ2n) is 9.23. The molecule has 0 atom stereocenters. The van der Waals surface area contributed by atoms with Gasteiger partial charge in [0.2, 0.25) is 0 Å². The average Bonchev–Trinajstić information content (AvgIpc) is 3.09. The second kappa shape index (κ2) is 6.23. The number of aromatic amines is 1. The Hall–Kier alpha value is -2.61. The van der Waals surface area contributed by atoms with Gasteiger partial charge in [0.25, 0.3) is 0 Å². The van der Waals surface area contributed by atoms with Crippen molar-refractivity contribution in [2.75, 3.05) is 0 Å². The van der Waals surface area contributed by atoms with Crippen LogP contribution in [0.15, 0.2) is 60.9 Å². The standard InChI is InChI=1S/C25H28N2/c1-24(2,3)20-12-11-17(23-19(20)8-7-14-27-23)16-25(4,5)21-9-6-10-22-18(21)13-15-26-22/h6-15,26H,16H2,1-5H3. The largest absolute Gasteiger partial charge is 0.361 e. The van der Waals surface area contributed by atoms with Crippen LogP contribution in [-0.4, -0.2) is 9.97 Å². The summed E-state index contributed by atoms with van der Waals surface area (Å²) in [6, 6.07) is 17.6. The summed E-state index contributed by atoms with van der Waals surface area (Å²) in [4.78, 5) is 8.12. The number of benzene rings is 2.